The lowest BCUT2D eigenvalue weighted by atomic mass is 9.97. The highest BCUT2D eigenvalue weighted by molar-refractivity contribution is 5.85. The number of hydrogen-bond acceptors (Lipinski definition) is 8. The number of nitrogens with zero attached hydrogens (tertiary/aromatic N) is 2. The molecule has 2 aliphatic rings. The normalized spacial score (nSPS) is 23.3. The quantitative estimate of drug-likeness (QED) is 0.519. The van der Waals surface area contributed by atoms with Gasteiger partial charge >= 0.3 is 11.9 Å². The zero-order valence-corrected chi connectivity index (χ0v) is 14.5. The summed E-state index contributed by atoms with van der Waals surface area (Å²) in [5.74, 6) is -3.10. The Bertz CT molecular complexity index is 504. The molecule has 2 atom stereocenters. The number of likely N-dealkylation sites (tertiary alicyclic amines) is 2. The van der Waals surface area contributed by atoms with Crippen molar-refractivity contribution in [1.29, 1.82) is 0 Å². The van der Waals surface area contributed by atoms with Crippen LogP contribution in [0.4, 0.5) is 0 Å². The fourth-order valence-electron chi connectivity index (χ4n) is 3.47. The van der Waals surface area contributed by atoms with Crippen LogP contribution in [0.5, 0.6) is 0 Å². The van der Waals surface area contributed by atoms with Crippen molar-refractivity contribution in [3.63, 3.8) is 0 Å². The fourth-order valence-corrected chi connectivity index (χ4v) is 3.47. The summed E-state index contributed by atoms with van der Waals surface area (Å²) < 4.78 is 0. The molecule has 0 bridgehead atoms. The Morgan fingerprint density at radius 1 is 0.769 bits per heavy atom. The molecular formula is C16H24N2O8. The van der Waals surface area contributed by atoms with Gasteiger partial charge in [-0.2, -0.15) is 10.5 Å². The summed E-state index contributed by atoms with van der Waals surface area (Å²) in [6, 6.07) is 0. The molecule has 2 rings (SSSR count). The molecule has 2 amide bonds. The molecule has 10 heteroatoms. The molecular weight excluding hydrogens is 348 g/mol. The van der Waals surface area contributed by atoms with Crippen molar-refractivity contribution in [2.75, 3.05) is 26.2 Å². The van der Waals surface area contributed by atoms with Crippen molar-refractivity contribution in [3.05, 3.63) is 0 Å². The summed E-state index contributed by atoms with van der Waals surface area (Å²) in [7, 11) is 0. The molecule has 2 aliphatic heterocycles. The molecule has 0 aliphatic carbocycles. The van der Waals surface area contributed by atoms with Crippen molar-refractivity contribution < 1.29 is 39.5 Å². The van der Waals surface area contributed by atoms with Gasteiger partial charge in [-0.25, -0.2) is 9.59 Å². The topological polar surface area (TPSA) is 134 Å². The van der Waals surface area contributed by atoms with E-state index < -0.39 is 23.8 Å². The van der Waals surface area contributed by atoms with Crippen LogP contribution in [0.15, 0.2) is 0 Å². The Kier molecular flexibility index (Phi) is 7.34. The van der Waals surface area contributed by atoms with Crippen LogP contribution in [0.2, 0.25) is 0 Å². The summed E-state index contributed by atoms with van der Waals surface area (Å²) >= 11 is 0. The maximum atomic E-state index is 12.3. The number of carbonyl (C=O) groups excluding carboxylic acids is 4. The highest BCUT2D eigenvalue weighted by Crippen LogP contribution is 2.20. The maximum Gasteiger partial charge on any atom is 0.346 e. The van der Waals surface area contributed by atoms with E-state index in [1.54, 1.807) is 0 Å². The second-order valence-corrected chi connectivity index (χ2v) is 6.68. The molecule has 0 radical (unpaired) electrons. The van der Waals surface area contributed by atoms with Gasteiger partial charge in [-0.15, -0.1) is 0 Å². The molecule has 26 heavy (non-hydrogen) atoms. The largest absolute Gasteiger partial charge is 0.346 e. The first-order valence-electron chi connectivity index (χ1n) is 8.72. The van der Waals surface area contributed by atoms with Crippen molar-refractivity contribution in [1.82, 2.24) is 9.80 Å². The minimum atomic E-state index is -0.756. The lowest BCUT2D eigenvalue weighted by Crippen LogP contribution is -2.44. The first-order valence-corrected chi connectivity index (χ1v) is 8.72. The highest BCUT2D eigenvalue weighted by Gasteiger charge is 2.32. The zero-order chi connectivity index (χ0) is 19.1. The molecule has 2 saturated heterocycles. The van der Waals surface area contributed by atoms with E-state index in [1.165, 1.54) is 9.80 Å². The van der Waals surface area contributed by atoms with Gasteiger partial charge in [0.15, 0.2) is 0 Å². The van der Waals surface area contributed by atoms with Crippen LogP contribution in [-0.2, 0) is 29.0 Å². The second-order valence-electron chi connectivity index (χ2n) is 6.68. The number of piperidine rings is 2. The van der Waals surface area contributed by atoms with E-state index in [2.05, 4.69) is 9.78 Å². The van der Waals surface area contributed by atoms with Crippen LogP contribution in [0.25, 0.3) is 0 Å². The van der Waals surface area contributed by atoms with E-state index in [9.17, 15) is 19.2 Å². The summed E-state index contributed by atoms with van der Waals surface area (Å²) in [6.45, 7) is 1.33. The summed E-state index contributed by atoms with van der Waals surface area (Å²) in [6.07, 6.45) is 2.33. The minimum Gasteiger partial charge on any atom is -0.342 e. The van der Waals surface area contributed by atoms with E-state index in [4.69, 9.17) is 10.5 Å². The molecule has 2 fully saturated rings. The number of amides is 2. The number of carbonyl (C=O) groups is 4. The Hall–Kier alpha value is -2.20. The third kappa shape index (κ3) is 5.15. The lowest BCUT2D eigenvalue weighted by Gasteiger charge is -2.32. The van der Waals surface area contributed by atoms with Gasteiger partial charge in [0.25, 0.3) is 0 Å². The molecule has 0 spiro atoms. The van der Waals surface area contributed by atoms with E-state index in [-0.39, 0.29) is 37.7 Å². The Morgan fingerprint density at radius 3 is 1.50 bits per heavy atom. The van der Waals surface area contributed by atoms with Gasteiger partial charge < -0.3 is 19.6 Å². The minimum absolute atomic E-state index is 0.00530. The predicted molar refractivity (Wildman–Crippen MR) is 85.3 cm³/mol. The average molecular weight is 372 g/mol. The van der Waals surface area contributed by atoms with Crippen LogP contribution >= 0.6 is 0 Å². The van der Waals surface area contributed by atoms with Crippen molar-refractivity contribution in [2.45, 2.75) is 38.5 Å². The molecule has 2 heterocycles. The van der Waals surface area contributed by atoms with E-state index >= 15 is 0 Å². The summed E-state index contributed by atoms with van der Waals surface area (Å²) in [5.41, 5.74) is 0. The van der Waals surface area contributed by atoms with E-state index in [0.29, 0.717) is 38.8 Å². The Morgan fingerprint density at radius 2 is 1.15 bits per heavy atom. The van der Waals surface area contributed by atoms with Crippen LogP contribution in [0.1, 0.15) is 38.5 Å². The van der Waals surface area contributed by atoms with Gasteiger partial charge in [-0.1, -0.05) is 0 Å². The third-order valence-electron chi connectivity index (χ3n) is 4.95. The predicted octanol–water partition coefficient (Wildman–Crippen LogP) is 0.276. The fraction of sp³-hybridized carbons (Fsp3) is 0.750. The molecule has 146 valence electrons. The SMILES string of the molecule is O=C(OO)C1CCCN(C(=O)CCC(=O)N2CCCC(C(=O)OO)C2)C1. The summed E-state index contributed by atoms with van der Waals surface area (Å²) in [5, 5.41) is 16.9. The van der Waals surface area contributed by atoms with Crippen LogP contribution in [0, 0.1) is 11.8 Å². The smallest absolute Gasteiger partial charge is 0.342 e. The monoisotopic (exact) mass is 372 g/mol. The summed E-state index contributed by atoms with van der Waals surface area (Å²) in [4.78, 5) is 57.9. The standard InChI is InChI=1S/C16H24N2O8/c19-13(17-7-1-3-11(9-17)15(21)25-23)5-6-14(20)18-8-2-4-12(10-18)16(22)26-24/h11-12,23-24H,1-10H2. The van der Waals surface area contributed by atoms with Crippen LogP contribution in [-0.4, -0.2) is 70.2 Å². The van der Waals surface area contributed by atoms with Gasteiger partial charge in [-0.05, 0) is 25.7 Å². The molecule has 0 aromatic carbocycles. The van der Waals surface area contributed by atoms with Crippen molar-refractivity contribution in [2.24, 2.45) is 11.8 Å². The Labute approximate surface area is 150 Å². The Balaban J connectivity index is 1.80. The van der Waals surface area contributed by atoms with Crippen LogP contribution < -0.4 is 0 Å². The van der Waals surface area contributed by atoms with E-state index in [1.807, 2.05) is 0 Å². The van der Waals surface area contributed by atoms with Gasteiger partial charge in [0.2, 0.25) is 11.8 Å². The first kappa shape index (κ1) is 20.1. The molecule has 2 unspecified atom stereocenters. The third-order valence-corrected chi connectivity index (χ3v) is 4.95. The van der Waals surface area contributed by atoms with Gasteiger partial charge in [0.1, 0.15) is 0 Å². The van der Waals surface area contributed by atoms with Gasteiger partial charge in [-0.3, -0.25) is 9.59 Å². The first-order chi connectivity index (χ1) is 12.5. The van der Waals surface area contributed by atoms with Crippen LogP contribution in [0.3, 0.4) is 0 Å². The maximum absolute atomic E-state index is 12.3. The zero-order valence-electron chi connectivity index (χ0n) is 14.5. The van der Waals surface area contributed by atoms with Crippen molar-refractivity contribution >= 4 is 23.8 Å². The molecule has 0 aromatic rings. The van der Waals surface area contributed by atoms with E-state index in [0.717, 1.165) is 0 Å². The molecule has 0 aromatic heterocycles. The lowest BCUT2D eigenvalue weighted by molar-refractivity contribution is -0.240. The van der Waals surface area contributed by atoms with Gasteiger partial charge in [0, 0.05) is 39.0 Å². The molecule has 10 nitrogen and oxygen atoms in total. The highest BCUT2D eigenvalue weighted by atomic mass is 17.1. The molecule has 0 saturated carbocycles. The van der Waals surface area contributed by atoms with Gasteiger partial charge in [0.05, 0.1) is 11.8 Å². The second kappa shape index (κ2) is 9.48. The average Bonchev–Trinajstić information content (AvgIpc) is 2.70. The van der Waals surface area contributed by atoms with Crippen molar-refractivity contribution in [3.8, 4) is 0 Å². The molecule has 2 N–H and O–H groups in total. The number of hydrogen-bond donors (Lipinski definition) is 2. The number of rotatable bonds is 5.